The molecule has 1 N–H and O–H groups in total. The summed E-state index contributed by atoms with van der Waals surface area (Å²) in [4.78, 5) is 19.4. The Kier molecular flexibility index (Phi) is 7.89. The maximum Gasteiger partial charge on any atom is 0.255 e. The van der Waals surface area contributed by atoms with Crippen LogP contribution < -0.4 is 19.7 Å². The van der Waals surface area contributed by atoms with Crippen molar-refractivity contribution in [2.75, 3.05) is 51.8 Å². The Bertz CT molecular complexity index is 1260. The number of amides is 1. The van der Waals surface area contributed by atoms with E-state index in [0.717, 1.165) is 5.56 Å². The molecule has 4 rings (SSSR count). The summed E-state index contributed by atoms with van der Waals surface area (Å²) in [5.41, 5.74) is 1.48. The Labute approximate surface area is 209 Å². The zero-order valence-electron chi connectivity index (χ0n) is 19.6. The van der Waals surface area contributed by atoms with Crippen LogP contribution in [0.4, 0.5) is 5.82 Å². The van der Waals surface area contributed by atoms with E-state index in [0.29, 0.717) is 66.2 Å². The van der Waals surface area contributed by atoms with Crippen LogP contribution >= 0.6 is 11.3 Å². The number of piperazine rings is 1. The van der Waals surface area contributed by atoms with Crippen molar-refractivity contribution >= 4 is 33.1 Å². The van der Waals surface area contributed by atoms with Gasteiger partial charge in [0.15, 0.2) is 11.5 Å². The lowest BCUT2D eigenvalue weighted by Crippen LogP contribution is -2.49. The molecule has 1 aromatic carbocycles. The fourth-order valence-corrected chi connectivity index (χ4v) is 6.52. The molecular formula is C24H28N4O5S2. The predicted molar refractivity (Wildman–Crippen MR) is 135 cm³/mol. The maximum atomic E-state index is 13.0. The number of pyridine rings is 1. The van der Waals surface area contributed by atoms with Gasteiger partial charge in [0, 0.05) is 38.9 Å². The van der Waals surface area contributed by atoms with E-state index in [2.05, 4.69) is 10.3 Å². The van der Waals surface area contributed by atoms with E-state index in [1.54, 1.807) is 50.1 Å². The molecule has 3 heterocycles. The lowest BCUT2D eigenvalue weighted by Gasteiger charge is -2.35. The summed E-state index contributed by atoms with van der Waals surface area (Å²) >= 11 is 1.22. The average molecular weight is 517 g/mol. The largest absolute Gasteiger partial charge is 0.493 e. The number of carbonyl (C=O) groups is 1. The third kappa shape index (κ3) is 5.58. The van der Waals surface area contributed by atoms with Gasteiger partial charge in [-0.1, -0.05) is 12.1 Å². The quantitative estimate of drug-likeness (QED) is 0.467. The molecule has 11 heteroatoms. The molecule has 1 amide bonds. The first kappa shape index (κ1) is 25.0. The minimum atomic E-state index is -3.49. The summed E-state index contributed by atoms with van der Waals surface area (Å²) in [5.74, 6) is 1.64. The third-order valence-corrected chi connectivity index (χ3v) is 9.08. The van der Waals surface area contributed by atoms with Crippen LogP contribution in [0.15, 0.2) is 58.3 Å². The maximum absolute atomic E-state index is 13.0. The van der Waals surface area contributed by atoms with Gasteiger partial charge in [-0.3, -0.25) is 4.79 Å². The van der Waals surface area contributed by atoms with Gasteiger partial charge in [0.2, 0.25) is 0 Å². The zero-order valence-corrected chi connectivity index (χ0v) is 21.3. The highest BCUT2D eigenvalue weighted by Gasteiger charge is 2.30. The van der Waals surface area contributed by atoms with Crippen LogP contribution in [0.3, 0.4) is 0 Å². The fraction of sp³-hybridized carbons (Fsp3) is 0.333. The van der Waals surface area contributed by atoms with Crippen LogP contribution in [-0.4, -0.2) is 70.6 Å². The predicted octanol–water partition coefficient (Wildman–Crippen LogP) is 2.64. The second kappa shape index (κ2) is 11.1. The SMILES string of the molecule is COc1ccc(CCNC(=O)c2cccnc2N2CCN(S(=O)(=O)c3cccs3)CC2)cc1OC. The van der Waals surface area contributed by atoms with Crippen LogP contribution in [0.5, 0.6) is 11.5 Å². The van der Waals surface area contributed by atoms with Crippen LogP contribution in [0, 0.1) is 0 Å². The molecule has 1 aliphatic heterocycles. The van der Waals surface area contributed by atoms with E-state index in [1.165, 1.54) is 15.6 Å². The van der Waals surface area contributed by atoms with Crippen molar-refractivity contribution in [2.45, 2.75) is 10.6 Å². The second-order valence-electron chi connectivity index (χ2n) is 7.89. The number of ether oxygens (including phenoxy) is 2. The van der Waals surface area contributed by atoms with Crippen molar-refractivity contribution in [1.82, 2.24) is 14.6 Å². The summed E-state index contributed by atoms with van der Waals surface area (Å²) in [6.07, 6.45) is 2.27. The van der Waals surface area contributed by atoms with Gasteiger partial charge in [-0.15, -0.1) is 11.3 Å². The minimum absolute atomic E-state index is 0.220. The summed E-state index contributed by atoms with van der Waals surface area (Å²) in [6, 6.07) is 12.5. The van der Waals surface area contributed by atoms with E-state index in [9.17, 15) is 13.2 Å². The molecule has 186 valence electrons. The zero-order chi connectivity index (χ0) is 24.8. The van der Waals surface area contributed by atoms with Crippen molar-refractivity contribution < 1.29 is 22.7 Å². The number of rotatable bonds is 9. The number of aromatic nitrogens is 1. The molecular weight excluding hydrogens is 488 g/mol. The normalized spacial score (nSPS) is 14.5. The van der Waals surface area contributed by atoms with Crippen LogP contribution in [-0.2, 0) is 16.4 Å². The molecule has 1 fully saturated rings. The number of hydrogen-bond donors (Lipinski definition) is 1. The van der Waals surface area contributed by atoms with Gasteiger partial charge in [-0.05, 0) is 47.7 Å². The Morgan fingerprint density at radius 1 is 1.06 bits per heavy atom. The smallest absolute Gasteiger partial charge is 0.255 e. The standard InChI is InChI=1S/C24H28N4O5S2/c1-32-20-8-7-18(17-21(20)33-2)9-11-26-24(29)19-5-3-10-25-23(19)27-12-14-28(15-13-27)35(30,31)22-6-4-16-34-22/h3-8,10,16-17H,9,11-15H2,1-2H3,(H,26,29). The van der Waals surface area contributed by atoms with E-state index in [1.807, 2.05) is 23.1 Å². The summed E-state index contributed by atoms with van der Waals surface area (Å²) < 4.78 is 38.0. The molecule has 1 saturated heterocycles. The van der Waals surface area contributed by atoms with Crippen molar-refractivity contribution in [1.29, 1.82) is 0 Å². The molecule has 0 atom stereocenters. The fourth-order valence-electron chi connectivity index (χ4n) is 3.96. The Hall–Kier alpha value is -3.15. The highest BCUT2D eigenvalue weighted by Crippen LogP contribution is 2.28. The van der Waals surface area contributed by atoms with Crippen molar-refractivity contribution in [3.8, 4) is 11.5 Å². The molecule has 35 heavy (non-hydrogen) atoms. The number of carbonyl (C=O) groups excluding carboxylic acids is 1. The lowest BCUT2D eigenvalue weighted by atomic mass is 10.1. The number of nitrogens with zero attached hydrogens (tertiary/aromatic N) is 3. The van der Waals surface area contributed by atoms with Crippen molar-refractivity contribution in [3.05, 3.63) is 65.2 Å². The highest BCUT2D eigenvalue weighted by atomic mass is 32.2. The molecule has 0 saturated carbocycles. The molecule has 1 aliphatic rings. The van der Waals surface area contributed by atoms with Gasteiger partial charge in [0.1, 0.15) is 10.0 Å². The van der Waals surface area contributed by atoms with Crippen LogP contribution in [0.1, 0.15) is 15.9 Å². The average Bonchev–Trinajstić information content (AvgIpc) is 3.45. The first-order valence-electron chi connectivity index (χ1n) is 11.2. The first-order valence-corrected chi connectivity index (χ1v) is 13.5. The summed E-state index contributed by atoms with van der Waals surface area (Å²) in [5, 5.41) is 4.72. The molecule has 9 nitrogen and oxygen atoms in total. The van der Waals surface area contributed by atoms with Gasteiger partial charge < -0.3 is 19.7 Å². The van der Waals surface area contributed by atoms with E-state index < -0.39 is 10.0 Å². The number of methoxy groups -OCH3 is 2. The van der Waals surface area contributed by atoms with E-state index in [4.69, 9.17) is 9.47 Å². The molecule has 3 aromatic rings. The van der Waals surface area contributed by atoms with E-state index in [-0.39, 0.29) is 5.91 Å². The third-order valence-electron chi connectivity index (χ3n) is 5.81. The molecule has 0 aliphatic carbocycles. The molecule has 0 radical (unpaired) electrons. The first-order chi connectivity index (χ1) is 16.9. The summed E-state index contributed by atoms with van der Waals surface area (Å²) in [6.45, 7) is 2.00. The number of benzene rings is 1. The minimum Gasteiger partial charge on any atom is -0.493 e. The number of anilines is 1. The monoisotopic (exact) mass is 516 g/mol. The van der Waals surface area contributed by atoms with Gasteiger partial charge in [-0.2, -0.15) is 4.31 Å². The molecule has 0 unspecified atom stereocenters. The van der Waals surface area contributed by atoms with Crippen molar-refractivity contribution in [2.24, 2.45) is 0 Å². The van der Waals surface area contributed by atoms with Crippen molar-refractivity contribution in [3.63, 3.8) is 0 Å². The molecule has 0 bridgehead atoms. The van der Waals surface area contributed by atoms with Gasteiger partial charge >= 0.3 is 0 Å². The number of nitrogens with one attached hydrogen (secondary N) is 1. The summed E-state index contributed by atoms with van der Waals surface area (Å²) in [7, 11) is -0.313. The number of sulfonamides is 1. The van der Waals surface area contributed by atoms with Gasteiger partial charge in [-0.25, -0.2) is 13.4 Å². The van der Waals surface area contributed by atoms with Crippen LogP contribution in [0.25, 0.3) is 0 Å². The van der Waals surface area contributed by atoms with Crippen LogP contribution in [0.2, 0.25) is 0 Å². The van der Waals surface area contributed by atoms with Gasteiger partial charge in [0.25, 0.3) is 15.9 Å². The second-order valence-corrected chi connectivity index (χ2v) is 11.0. The Morgan fingerprint density at radius 2 is 1.83 bits per heavy atom. The number of hydrogen-bond acceptors (Lipinski definition) is 8. The topological polar surface area (TPSA) is 101 Å². The Balaban J connectivity index is 1.37. The number of thiophene rings is 1. The molecule has 2 aromatic heterocycles. The molecule has 0 spiro atoms. The highest BCUT2D eigenvalue weighted by molar-refractivity contribution is 7.91. The van der Waals surface area contributed by atoms with E-state index >= 15 is 0 Å². The Morgan fingerprint density at radius 3 is 2.51 bits per heavy atom. The van der Waals surface area contributed by atoms with Gasteiger partial charge in [0.05, 0.1) is 19.8 Å². The lowest BCUT2D eigenvalue weighted by molar-refractivity contribution is 0.0954.